The Morgan fingerprint density at radius 3 is 2.20 bits per heavy atom. The van der Waals surface area contributed by atoms with Crippen LogP contribution in [0.15, 0.2) is 35.3 Å². The average molecular weight is 532 g/mol. The van der Waals surface area contributed by atoms with E-state index in [9.17, 15) is 0 Å². The van der Waals surface area contributed by atoms with Crippen LogP contribution < -0.4 is 10.6 Å². The van der Waals surface area contributed by atoms with E-state index in [0.29, 0.717) is 18.4 Å². The molecule has 2 unspecified atom stereocenters. The second kappa shape index (κ2) is 15.8. The zero-order chi connectivity index (χ0) is 20.9. The number of nitrogens with one attached hydrogen (secondary N) is 2. The van der Waals surface area contributed by atoms with Crippen molar-refractivity contribution < 1.29 is 4.74 Å². The van der Waals surface area contributed by atoms with E-state index in [1.165, 1.54) is 38.3 Å². The fourth-order valence-corrected chi connectivity index (χ4v) is 3.57. The van der Waals surface area contributed by atoms with Gasteiger partial charge < -0.3 is 25.2 Å². The van der Waals surface area contributed by atoms with Gasteiger partial charge in [-0.15, -0.1) is 24.0 Å². The van der Waals surface area contributed by atoms with E-state index >= 15 is 0 Å². The number of piperazine rings is 1. The average Bonchev–Trinajstić information content (AvgIpc) is 2.75. The molecule has 2 rings (SSSR count). The first-order valence-corrected chi connectivity index (χ1v) is 11.1. The Bertz CT molecular complexity index is 578. The van der Waals surface area contributed by atoms with Crippen LogP contribution in [0.3, 0.4) is 0 Å². The molecule has 0 spiro atoms. The number of rotatable bonds is 11. The van der Waals surface area contributed by atoms with Crippen LogP contribution in [0.5, 0.6) is 0 Å². The topological polar surface area (TPSA) is 52.1 Å². The Balaban J connectivity index is 0.00000450. The highest BCUT2D eigenvalue weighted by molar-refractivity contribution is 14.0. The molecule has 7 heteroatoms. The molecule has 1 aromatic rings. The van der Waals surface area contributed by atoms with E-state index in [1.807, 2.05) is 25.2 Å². The zero-order valence-electron chi connectivity index (χ0n) is 19.3. The van der Waals surface area contributed by atoms with Gasteiger partial charge in [-0.3, -0.25) is 4.99 Å². The minimum Gasteiger partial charge on any atom is -0.376 e. The second-order valence-corrected chi connectivity index (χ2v) is 8.28. The summed E-state index contributed by atoms with van der Waals surface area (Å²) >= 11 is 0. The van der Waals surface area contributed by atoms with E-state index in [2.05, 4.69) is 58.3 Å². The van der Waals surface area contributed by atoms with Crippen LogP contribution in [-0.4, -0.2) is 81.8 Å². The molecule has 0 radical (unpaired) electrons. The van der Waals surface area contributed by atoms with Crippen LogP contribution in [0.25, 0.3) is 0 Å². The van der Waals surface area contributed by atoms with Crippen LogP contribution in [0.4, 0.5) is 0 Å². The van der Waals surface area contributed by atoms with Crippen LogP contribution >= 0.6 is 24.0 Å². The first kappa shape index (κ1) is 27.1. The summed E-state index contributed by atoms with van der Waals surface area (Å²) < 4.78 is 5.84. The predicted molar refractivity (Wildman–Crippen MR) is 138 cm³/mol. The Morgan fingerprint density at radius 1 is 1.00 bits per heavy atom. The summed E-state index contributed by atoms with van der Waals surface area (Å²) in [6.45, 7) is 17.0. The summed E-state index contributed by atoms with van der Waals surface area (Å²) in [6, 6.07) is 10.3. The minimum atomic E-state index is 0. The van der Waals surface area contributed by atoms with E-state index in [-0.39, 0.29) is 24.0 Å². The van der Waals surface area contributed by atoms with Gasteiger partial charge in [-0.1, -0.05) is 51.1 Å². The van der Waals surface area contributed by atoms with Crippen molar-refractivity contribution >= 4 is 29.9 Å². The number of likely N-dealkylation sites (N-methyl/N-ethyl adjacent to an activating group) is 1. The lowest BCUT2D eigenvalue weighted by Crippen LogP contribution is -2.48. The number of guanidine groups is 1. The molecule has 0 aromatic heterocycles. The standard InChI is InChI=1S/C23H41N5O.HI/c1-5-27-11-13-28(14-12-27)17-20(2)15-25-23(24-4)26-16-21(3)18-29-19-22-9-7-6-8-10-22;/h6-10,20-21H,5,11-19H2,1-4H3,(H2,24,25,26);1H. The number of nitrogens with zero attached hydrogens (tertiary/aromatic N) is 3. The molecule has 6 nitrogen and oxygen atoms in total. The molecule has 0 saturated carbocycles. The largest absolute Gasteiger partial charge is 0.376 e. The third-order valence-electron chi connectivity index (χ3n) is 5.46. The normalized spacial score (nSPS) is 17.8. The molecule has 2 N–H and O–H groups in total. The maximum Gasteiger partial charge on any atom is 0.190 e. The maximum atomic E-state index is 5.84. The zero-order valence-corrected chi connectivity index (χ0v) is 21.6. The molecule has 1 aliphatic heterocycles. The monoisotopic (exact) mass is 531 g/mol. The first-order chi connectivity index (χ1) is 14.1. The smallest absolute Gasteiger partial charge is 0.190 e. The molecular weight excluding hydrogens is 489 g/mol. The molecule has 2 atom stereocenters. The predicted octanol–water partition coefficient (Wildman–Crippen LogP) is 2.90. The van der Waals surface area contributed by atoms with Crippen molar-refractivity contribution in [2.75, 3.05) is 66.0 Å². The molecule has 1 heterocycles. The van der Waals surface area contributed by atoms with Crippen molar-refractivity contribution in [3.8, 4) is 0 Å². The van der Waals surface area contributed by atoms with Gasteiger partial charge in [0.1, 0.15) is 0 Å². The van der Waals surface area contributed by atoms with Gasteiger partial charge in [0.05, 0.1) is 13.2 Å². The number of hydrogen-bond donors (Lipinski definition) is 2. The Kier molecular flexibility index (Phi) is 14.3. The number of hydrogen-bond acceptors (Lipinski definition) is 4. The summed E-state index contributed by atoms with van der Waals surface area (Å²) in [5, 5.41) is 6.91. The second-order valence-electron chi connectivity index (χ2n) is 8.28. The number of halogens is 1. The summed E-state index contributed by atoms with van der Waals surface area (Å²) in [4.78, 5) is 9.47. The first-order valence-electron chi connectivity index (χ1n) is 11.1. The summed E-state index contributed by atoms with van der Waals surface area (Å²) in [5.41, 5.74) is 1.22. The van der Waals surface area contributed by atoms with Crippen molar-refractivity contribution in [1.82, 2.24) is 20.4 Å². The van der Waals surface area contributed by atoms with E-state index < -0.39 is 0 Å². The lowest BCUT2D eigenvalue weighted by molar-refractivity contribution is 0.0931. The molecule has 172 valence electrons. The fourth-order valence-electron chi connectivity index (χ4n) is 3.57. The SMILES string of the molecule is CCN1CCN(CC(C)CNC(=NC)NCC(C)COCc2ccccc2)CC1.I. The summed E-state index contributed by atoms with van der Waals surface area (Å²) in [7, 11) is 1.83. The molecular formula is C23H42IN5O. The Labute approximate surface area is 200 Å². The number of aliphatic imine (C=N–C) groups is 1. The van der Waals surface area contributed by atoms with Gasteiger partial charge in [-0.25, -0.2) is 0 Å². The van der Waals surface area contributed by atoms with Crippen molar-refractivity contribution in [2.45, 2.75) is 27.4 Å². The van der Waals surface area contributed by atoms with Gasteiger partial charge in [0.15, 0.2) is 5.96 Å². The summed E-state index contributed by atoms with van der Waals surface area (Å²) in [5.74, 6) is 1.89. The van der Waals surface area contributed by atoms with E-state index in [0.717, 1.165) is 32.2 Å². The highest BCUT2D eigenvalue weighted by Gasteiger charge is 2.17. The third kappa shape index (κ3) is 10.9. The highest BCUT2D eigenvalue weighted by atomic mass is 127. The lowest BCUT2D eigenvalue weighted by atomic mass is 10.1. The molecule has 0 aliphatic carbocycles. The minimum absolute atomic E-state index is 0. The lowest BCUT2D eigenvalue weighted by Gasteiger charge is -2.35. The molecule has 1 aromatic carbocycles. The Hall–Kier alpha value is -0.900. The van der Waals surface area contributed by atoms with Crippen molar-refractivity contribution in [1.29, 1.82) is 0 Å². The van der Waals surface area contributed by atoms with Gasteiger partial charge in [0.25, 0.3) is 0 Å². The van der Waals surface area contributed by atoms with Gasteiger partial charge >= 0.3 is 0 Å². The number of benzene rings is 1. The van der Waals surface area contributed by atoms with Gasteiger partial charge in [-0.05, 0) is 23.9 Å². The maximum absolute atomic E-state index is 5.84. The van der Waals surface area contributed by atoms with Gasteiger partial charge in [0, 0.05) is 52.9 Å². The Morgan fingerprint density at radius 2 is 1.60 bits per heavy atom. The van der Waals surface area contributed by atoms with Crippen molar-refractivity contribution in [2.24, 2.45) is 16.8 Å². The molecule has 30 heavy (non-hydrogen) atoms. The van der Waals surface area contributed by atoms with Gasteiger partial charge in [0.2, 0.25) is 0 Å². The van der Waals surface area contributed by atoms with Crippen molar-refractivity contribution in [3.63, 3.8) is 0 Å². The van der Waals surface area contributed by atoms with Gasteiger partial charge in [-0.2, -0.15) is 0 Å². The number of ether oxygens (including phenoxy) is 1. The van der Waals surface area contributed by atoms with Crippen LogP contribution in [-0.2, 0) is 11.3 Å². The third-order valence-corrected chi connectivity index (χ3v) is 5.46. The molecule has 1 saturated heterocycles. The molecule has 1 aliphatic rings. The fraction of sp³-hybridized carbons (Fsp3) is 0.696. The van der Waals surface area contributed by atoms with E-state index in [1.54, 1.807) is 0 Å². The van der Waals surface area contributed by atoms with Crippen LogP contribution in [0, 0.1) is 11.8 Å². The van der Waals surface area contributed by atoms with E-state index in [4.69, 9.17) is 4.74 Å². The van der Waals surface area contributed by atoms with Crippen LogP contribution in [0.1, 0.15) is 26.3 Å². The van der Waals surface area contributed by atoms with Crippen molar-refractivity contribution in [3.05, 3.63) is 35.9 Å². The molecule has 0 amide bonds. The van der Waals surface area contributed by atoms with Crippen LogP contribution in [0.2, 0.25) is 0 Å². The summed E-state index contributed by atoms with van der Waals surface area (Å²) in [6.07, 6.45) is 0. The molecule has 0 bridgehead atoms. The highest BCUT2D eigenvalue weighted by Crippen LogP contribution is 2.05. The quantitative estimate of drug-likeness (QED) is 0.261. The molecule has 1 fully saturated rings.